The van der Waals surface area contributed by atoms with E-state index < -0.39 is 18.0 Å². The molecule has 1 aromatic carbocycles. The molecule has 0 fully saturated rings. The number of carboxylic acid groups (broad SMARTS) is 2. The van der Waals surface area contributed by atoms with Crippen molar-refractivity contribution in [3.8, 4) is 0 Å². The number of carbonyl (C=O) groups excluding carboxylic acids is 1. The number of benzene rings is 1. The Morgan fingerprint density at radius 2 is 1.71 bits per heavy atom. The second kappa shape index (κ2) is 6.39. The molecule has 0 radical (unpaired) electrons. The fraction of sp³-hybridized carbons (Fsp3) is 0.400. The Hall–Kier alpha value is -2.37. The lowest BCUT2D eigenvalue weighted by atomic mass is 10.0. The summed E-state index contributed by atoms with van der Waals surface area (Å²) >= 11 is 0. The summed E-state index contributed by atoms with van der Waals surface area (Å²) in [6.07, 6.45) is 0.777. The highest BCUT2D eigenvalue weighted by Gasteiger charge is 2.30. The van der Waals surface area contributed by atoms with Crippen molar-refractivity contribution >= 4 is 17.8 Å². The Morgan fingerprint density at radius 3 is 2.19 bits per heavy atom. The molecule has 1 amide bonds. The van der Waals surface area contributed by atoms with Crippen LogP contribution >= 0.6 is 0 Å². The molecule has 1 aliphatic carbocycles. The highest BCUT2D eigenvalue weighted by atomic mass is 16.4. The molecule has 0 spiro atoms. The van der Waals surface area contributed by atoms with Crippen LogP contribution in [0, 0.1) is 5.92 Å². The zero-order valence-corrected chi connectivity index (χ0v) is 11.4. The topological polar surface area (TPSA) is 104 Å². The Kier molecular flexibility index (Phi) is 4.57. The zero-order valence-electron chi connectivity index (χ0n) is 11.4. The summed E-state index contributed by atoms with van der Waals surface area (Å²) in [7, 11) is 0. The quantitative estimate of drug-likeness (QED) is 0.720. The number of hydrogen-bond acceptors (Lipinski definition) is 3. The molecule has 2 rings (SSSR count). The molecule has 21 heavy (non-hydrogen) atoms. The van der Waals surface area contributed by atoms with Gasteiger partial charge in [0.15, 0.2) is 0 Å². The Bertz CT molecular complexity index is 544. The van der Waals surface area contributed by atoms with E-state index >= 15 is 0 Å². The van der Waals surface area contributed by atoms with Crippen LogP contribution in [0.1, 0.15) is 24.0 Å². The van der Waals surface area contributed by atoms with Gasteiger partial charge in [-0.2, -0.15) is 0 Å². The second-order valence-corrected chi connectivity index (χ2v) is 5.21. The first-order chi connectivity index (χ1) is 9.97. The molecule has 6 nitrogen and oxygen atoms in total. The van der Waals surface area contributed by atoms with Crippen molar-refractivity contribution in [3.05, 3.63) is 35.4 Å². The highest BCUT2D eigenvalue weighted by molar-refractivity contribution is 5.86. The van der Waals surface area contributed by atoms with E-state index in [1.165, 1.54) is 0 Å². The monoisotopic (exact) mass is 291 g/mol. The summed E-state index contributed by atoms with van der Waals surface area (Å²) in [6, 6.07) is 6.58. The van der Waals surface area contributed by atoms with Crippen molar-refractivity contribution in [2.45, 2.75) is 31.7 Å². The van der Waals surface area contributed by atoms with E-state index in [1.807, 2.05) is 24.3 Å². The number of hydrogen-bond donors (Lipinski definition) is 3. The number of rotatable bonds is 6. The third-order valence-electron chi connectivity index (χ3n) is 3.68. The molecule has 6 heteroatoms. The summed E-state index contributed by atoms with van der Waals surface area (Å²) in [6.45, 7) is 0. The third-order valence-corrected chi connectivity index (χ3v) is 3.68. The average Bonchev–Trinajstić information content (AvgIpc) is 2.86. The van der Waals surface area contributed by atoms with Gasteiger partial charge >= 0.3 is 11.9 Å². The van der Waals surface area contributed by atoms with Gasteiger partial charge in [-0.3, -0.25) is 9.59 Å². The summed E-state index contributed by atoms with van der Waals surface area (Å²) < 4.78 is 0. The molecule has 0 unspecified atom stereocenters. The van der Waals surface area contributed by atoms with Gasteiger partial charge in [0.05, 0.1) is 0 Å². The smallest absolute Gasteiger partial charge is 0.326 e. The van der Waals surface area contributed by atoms with Crippen molar-refractivity contribution in [2.75, 3.05) is 0 Å². The normalized spacial score (nSPS) is 15.2. The molecule has 0 saturated heterocycles. The van der Waals surface area contributed by atoms with Crippen LogP contribution in [0.4, 0.5) is 0 Å². The molecular formula is C15H17NO5. The molecule has 0 saturated carbocycles. The first kappa shape index (κ1) is 15.0. The number of amides is 1. The Labute approximate surface area is 121 Å². The fourth-order valence-electron chi connectivity index (χ4n) is 2.56. The molecule has 0 aromatic heterocycles. The molecule has 0 aliphatic heterocycles. The maximum atomic E-state index is 12.2. The number of fused-ring (bicyclic) bond motifs is 1. The molecular weight excluding hydrogens is 274 g/mol. The van der Waals surface area contributed by atoms with Gasteiger partial charge in [0.1, 0.15) is 6.04 Å². The molecule has 112 valence electrons. The summed E-state index contributed by atoms with van der Waals surface area (Å²) in [5.41, 5.74) is 2.21. The van der Waals surface area contributed by atoms with E-state index in [0.29, 0.717) is 12.8 Å². The minimum Gasteiger partial charge on any atom is -0.481 e. The van der Waals surface area contributed by atoms with E-state index in [0.717, 1.165) is 11.1 Å². The van der Waals surface area contributed by atoms with E-state index in [1.54, 1.807) is 0 Å². The maximum Gasteiger partial charge on any atom is 0.326 e. The van der Waals surface area contributed by atoms with Crippen molar-refractivity contribution < 1.29 is 24.6 Å². The number of aliphatic carboxylic acids is 2. The summed E-state index contributed by atoms with van der Waals surface area (Å²) in [5.74, 6) is -2.90. The number of carbonyl (C=O) groups is 3. The Balaban J connectivity index is 1.94. The largest absolute Gasteiger partial charge is 0.481 e. The van der Waals surface area contributed by atoms with Crippen LogP contribution in [-0.4, -0.2) is 34.1 Å². The van der Waals surface area contributed by atoms with Gasteiger partial charge in [-0.15, -0.1) is 0 Å². The second-order valence-electron chi connectivity index (χ2n) is 5.21. The van der Waals surface area contributed by atoms with Gasteiger partial charge < -0.3 is 15.5 Å². The van der Waals surface area contributed by atoms with Gasteiger partial charge in [-0.25, -0.2) is 4.79 Å². The van der Waals surface area contributed by atoms with Crippen molar-refractivity contribution in [3.63, 3.8) is 0 Å². The third kappa shape index (κ3) is 3.81. The lowest BCUT2D eigenvalue weighted by molar-refractivity contribution is -0.143. The lowest BCUT2D eigenvalue weighted by Crippen LogP contribution is -2.44. The van der Waals surface area contributed by atoms with E-state index in [9.17, 15) is 14.4 Å². The van der Waals surface area contributed by atoms with Crippen LogP contribution in [0.3, 0.4) is 0 Å². The molecule has 3 N–H and O–H groups in total. The molecule has 1 atom stereocenters. The van der Waals surface area contributed by atoms with Crippen LogP contribution in [0.15, 0.2) is 24.3 Å². The van der Waals surface area contributed by atoms with Crippen LogP contribution in [-0.2, 0) is 27.2 Å². The van der Waals surface area contributed by atoms with E-state index in [-0.39, 0.29) is 24.7 Å². The maximum absolute atomic E-state index is 12.2. The minimum atomic E-state index is -1.21. The van der Waals surface area contributed by atoms with Gasteiger partial charge in [0.2, 0.25) is 5.91 Å². The number of carboxylic acids is 2. The van der Waals surface area contributed by atoms with Crippen molar-refractivity contribution in [2.24, 2.45) is 5.92 Å². The molecule has 0 bridgehead atoms. The predicted molar refractivity (Wildman–Crippen MR) is 73.8 cm³/mol. The average molecular weight is 291 g/mol. The Morgan fingerprint density at radius 1 is 1.14 bits per heavy atom. The van der Waals surface area contributed by atoms with Gasteiger partial charge in [-0.1, -0.05) is 24.3 Å². The SMILES string of the molecule is O=C(O)CC[C@H](NC(=O)C1Cc2ccccc2C1)C(=O)O. The van der Waals surface area contributed by atoms with Gasteiger partial charge in [0.25, 0.3) is 0 Å². The van der Waals surface area contributed by atoms with Crippen LogP contribution in [0.2, 0.25) is 0 Å². The fourth-order valence-corrected chi connectivity index (χ4v) is 2.56. The van der Waals surface area contributed by atoms with E-state index in [4.69, 9.17) is 10.2 Å². The van der Waals surface area contributed by atoms with E-state index in [2.05, 4.69) is 5.32 Å². The predicted octanol–water partition coefficient (Wildman–Crippen LogP) is 0.836. The summed E-state index contributed by atoms with van der Waals surface area (Å²) in [4.78, 5) is 33.7. The van der Waals surface area contributed by atoms with Crippen molar-refractivity contribution in [1.29, 1.82) is 0 Å². The first-order valence-electron chi connectivity index (χ1n) is 6.79. The first-order valence-corrected chi connectivity index (χ1v) is 6.79. The van der Waals surface area contributed by atoms with Crippen LogP contribution in [0.25, 0.3) is 0 Å². The lowest BCUT2D eigenvalue weighted by Gasteiger charge is -2.16. The highest BCUT2D eigenvalue weighted by Crippen LogP contribution is 2.26. The van der Waals surface area contributed by atoms with Gasteiger partial charge in [-0.05, 0) is 30.4 Å². The molecule has 1 aliphatic rings. The zero-order chi connectivity index (χ0) is 15.4. The van der Waals surface area contributed by atoms with Gasteiger partial charge in [0, 0.05) is 12.3 Å². The van der Waals surface area contributed by atoms with Crippen LogP contribution < -0.4 is 5.32 Å². The van der Waals surface area contributed by atoms with Crippen molar-refractivity contribution in [1.82, 2.24) is 5.32 Å². The summed E-state index contributed by atoms with van der Waals surface area (Å²) in [5, 5.41) is 20.1. The molecule has 1 aromatic rings. The minimum absolute atomic E-state index is 0.115. The number of nitrogens with one attached hydrogen (secondary N) is 1. The van der Waals surface area contributed by atoms with Crippen LogP contribution in [0.5, 0.6) is 0 Å². The molecule has 0 heterocycles. The standard InChI is InChI=1S/C15H17NO5/c17-13(18)6-5-12(15(20)21)16-14(19)11-7-9-3-1-2-4-10(9)8-11/h1-4,11-12H,5-8H2,(H,16,19)(H,17,18)(H,20,21)/t12-/m0/s1.